The van der Waals surface area contributed by atoms with Crippen LogP contribution in [0.15, 0.2) is 29.2 Å². The smallest absolute Gasteiger partial charge is 0.329 e. The van der Waals surface area contributed by atoms with Gasteiger partial charge in [-0.05, 0) is 32.2 Å². The molecule has 0 aliphatic heterocycles. The first-order chi connectivity index (χ1) is 8.32. The monoisotopic (exact) mass is 267 g/mol. The number of aliphatic carboxylic acids is 1. The lowest BCUT2D eigenvalue weighted by molar-refractivity contribution is -0.147. The number of amides is 1. The van der Waals surface area contributed by atoms with Crippen molar-refractivity contribution in [2.24, 2.45) is 0 Å². The Labute approximate surface area is 111 Å². The maximum atomic E-state index is 12.3. The summed E-state index contributed by atoms with van der Waals surface area (Å²) in [7, 11) is 1.51. The third kappa shape index (κ3) is 2.67. The van der Waals surface area contributed by atoms with Crippen LogP contribution in [0.3, 0.4) is 0 Å². The number of thioether (sulfide) groups is 1. The van der Waals surface area contributed by atoms with Gasteiger partial charge >= 0.3 is 5.97 Å². The fraction of sp³-hybridized carbons (Fsp3) is 0.385. The summed E-state index contributed by atoms with van der Waals surface area (Å²) in [4.78, 5) is 25.6. The Morgan fingerprint density at radius 3 is 2.33 bits per heavy atom. The van der Waals surface area contributed by atoms with E-state index in [2.05, 4.69) is 0 Å². The molecule has 0 aromatic heterocycles. The third-order valence-electron chi connectivity index (χ3n) is 3.00. The summed E-state index contributed by atoms with van der Waals surface area (Å²) >= 11 is 1.47. The van der Waals surface area contributed by atoms with Gasteiger partial charge in [-0.1, -0.05) is 12.1 Å². The van der Waals surface area contributed by atoms with Crippen LogP contribution in [-0.4, -0.2) is 40.7 Å². The molecule has 1 rings (SSSR count). The minimum absolute atomic E-state index is 0.285. The summed E-state index contributed by atoms with van der Waals surface area (Å²) in [6.45, 7) is 3.02. The largest absolute Gasteiger partial charge is 0.480 e. The van der Waals surface area contributed by atoms with Gasteiger partial charge in [0.15, 0.2) is 0 Å². The number of carboxylic acid groups (broad SMARTS) is 1. The molecule has 5 heteroatoms. The lowest BCUT2D eigenvalue weighted by Crippen LogP contribution is -2.50. The minimum atomic E-state index is -1.23. The van der Waals surface area contributed by atoms with Crippen LogP contribution in [-0.2, 0) is 4.79 Å². The van der Waals surface area contributed by atoms with Crippen LogP contribution in [0, 0.1) is 0 Å². The quantitative estimate of drug-likeness (QED) is 0.851. The number of carboxylic acids is 1. The predicted octanol–water partition coefficient (Wildman–Crippen LogP) is 2.34. The van der Waals surface area contributed by atoms with Crippen LogP contribution in [0.1, 0.15) is 24.2 Å². The number of hydrogen-bond acceptors (Lipinski definition) is 3. The highest BCUT2D eigenvalue weighted by Gasteiger charge is 2.36. The van der Waals surface area contributed by atoms with Gasteiger partial charge in [0.1, 0.15) is 5.54 Å². The SMILES string of the molecule is CSc1ccccc1C(=O)N(C)C(C)(C)C(=O)O. The maximum Gasteiger partial charge on any atom is 0.329 e. The summed E-state index contributed by atoms with van der Waals surface area (Å²) in [6.07, 6.45) is 1.88. The Morgan fingerprint density at radius 1 is 1.28 bits per heavy atom. The standard InChI is InChI=1S/C13H17NO3S/c1-13(2,12(16)17)14(3)11(15)9-7-5-6-8-10(9)18-4/h5-8H,1-4H3,(H,16,17). The van der Waals surface area contributed by atoms with Crippen molar-refractivity contribution in [3.8, 4) is 0 Å². The topological polar surface area (TPSA) is 57.6 Å². The fourth-order valence-corrected chi connectivity index (χ4v) is 1.99. The highest BCUT2D eigenvalue weighted by atomic mass is 32.2. The maximum absolute atomic E-state index is 12.3. The van der Waals surface area contributed by atoms with Crippen molar-refractivity contribution in [2.75, 3.05) is 13.3 Å². The van der Waals surface area contributed by atoms with Gasteiger partial charge in [-0.2, -0.15) is 0 Å². The van der Waals surface area contributed by atoms with E-state index in [0.29, 0.717) is 5.56 Å². The summed E-state index contributed by atoms with van der Waals surface area (Å²) in [5.74, 6) is -1.31. The summed E-state index contributed by atoms with van der Waals surface area (Å²) in [5.41, 5.74) is -0.704. The van der Waals surface area contributed by atoms with Crippen molar-refractivity contribution in [1.29, 1.82) is 0 Å². The number of carbonyl (C=O) groups is 2. The van der Waals surface area contributed by atoms with Crippen molar-refractivity contribution < 1.29 is 14.7 Å². The van der Waals surface area contributed by atoms with Gasteiger partial charge in [-0.15, -0.1) is 11.8 Å². The number of nitrogens with zero attached hydrogens (tertiary/aromatic N) is 1. The lowest BCUT2D eigenvalue weighted by Gasteiger charge is -2.32. The van der Waals surface area contributed by atoms with E-state index in [4.69, 9.17) is 5.11 Å². The molecule has 1 aromatic rings. The van der Waals surface area contributed by atoms with E-state index in [0.717, 1.165) is 4.90 Å². The normalized spacial score (nSPS) is 11.1. The molecular formula is C13H17NO3S. The molecule has 98 valence electrons. The Kier molecular flexibility index (Phi) is 4.40. The van der Waals surface area contributed by atoms with Gasteiger partial charge < -0.3 is 10.0 Å². The van der Waals surface area contributed by atoms with Gasteiger partial charge in [0.25, 0.3) is 5.91 Å². The van der Waals surface area contributed by atoms with Crippen molar-refractivity contribution >= 4 is 23.6 Å². The zero-order valence-corrected chi connectivity index (χ0v) is 11.7. The average molecular weight is 267 g/mol. The Morgan fingerprint density at radius 2 is 1.83 bits per heavy atom. The van der Waals surface area contributed by atoms with Gasteiger partial charge in [0, 0.05) is 11.9 Å². The third-order valence-corrected chi connectivity index (χ3v) is 3.80. The van der Waals surface area contributed by atoms with Crippen molar-refractivity contribution in [1.82, 2.24) is 4.90 Å². The first-order valence-electron chi connectivity index (χ1n) is 5.47. The molecule has 0 saturated carbocycles. The number of benzene rings is 1. The predicted molar refractivity (Wildman–Crippen MR) is 72.0 cm³/mol. The second kappa shape index (κ2) is 5.44. The first kappa shape index (κ1) is 14.6. The number of rotatable bonds is 4. The average Bonchev–Trinajstić information content (AvgIpc) is 2.36. The van der Waals surface area contributed by atoms with E-state index >= 15 is 0 Å². The van der Waals surface area contributed by atoms with Gasteiger partial charge in [0.2, 0.25) is 0 Å². The number of hydrogen-bond donors (Lipinski definition) is 1. The molecule has 1 N–H and O–H groups in total. The van der Waals surface area contributed by atoms with E-state index in [1.165, 1.54) is 37.6 Å². The van der Waals surface area contributed by atoms with Crippen LogP contribution in [0.2, 0.25) is 0 Å². The molecule has 0 radical (unpaired) electrons. The van der Waals surface area contributed by atoms with Crippen molar-refractivity contribution in [3.05, 3.63) is 29.8 Å². The molecule has 1 amide bonds. The van der Waals surface area contributed by atoms with Gasteiger partial charge in [0.05, 0.1) is 5.56 Å². The van der Waals surface area contributed by atoms with Gasteiger partial charge in [-0.25, -0.2) is 4.79 Å². The van der Waals surface area contributed by atoms with Crippen molar-refractivity contribution in [2.45, 2.75) is 24.3 Å². The number of likely N-dealkylation sites (N-methyl/N-ethyl adjacent to an activating group) is 1. The molecular weight excluding hydrogens is 250 g/mol. The summed E-state index contributed by atoms with van der Waals surface area (Å²) < 4.78 is 0. The summed E-state index contributed by atoms with van der Waals surface area (Å²) in [5, 5.41) is 9.13. The molecule has 0 aliphatic carbocycles. The lowest BCUT2D eigenvalue weighted by atomic mass is 10.0. The summed E-state index contributed by atoms with van der Waals surface area (Å²) in [6, 6.07) is 7.18. The Balaban J connectivity index is 3.11. The number of carbonyl (C=O) groups excluding carboxylic acids is 1. The molecule has 0 heterocycles. The van der Waals surface area contributed by atoms with Crippen LogP contribution in [0.4, 0.5) is 0 Å². The molecule has 0 atom stereocenters. The van der Waals surface area contributed by atoms with E-state index in [-0.39, 0.29) is 5.91 Å². The van der Waals surface area contributed by atoms with E-state index in [1.807, 2.05) is 18.4 Å². The molecule has 0 saturated heterocycles. The van der Waals surface area contributed by atoms with E-state index in [1.54, 1.807) is 12.1 Å². The Hall–Kier alpha value is -1.49. The molecule has 0 spiro atoms. The molecule has 0 unspecified atom stereocenters. The van der Waals surface area contributed by atoms with Crippen molar-refractivity contribution in [3.63, 3.8) is 0 Å². The van der Waals surface area contributed by atoms with Crippen LogP contribution in [0.25, 0.3) is 0 Å². The van der Waals surface area contributed by atoms with Crippen LogP contribution >= 0.6 is 11.8 Å². The molecule has 0 fully saturated rings. The minimum Gasteiger partial charge on any atom is -0.480 e. The molecule has 1 aromatic carbocycles. The first-order valence-corrected chi connectivity index (χ1v) is 6.69. The van der Waals surface area contributed by atoms with E-state index < -0.39 is 11.5 Å². The van der Waals surface area contributed by atoms with Crippen LogP contribution < -0.4 is 0 Å². The fourth-order valence-electron chi connectivity index (χ4n) is 1.40. The van der Waals surface area contributed by atoms with Crippen LogP contribution in [0.5, 0.6) is 0 Å². The zero-order valence-electron chi connectivity index (χ0n) is 10.9. The van der Waals surface area contributed by atoms with Gasteiger partial charge in [-0.3, -0.25) is 4.79 Å². The second-order valence-electron chi connectivity index (χ2n) is 4.43. The second-order valence-corrected chi connectivity index (χ2v) is 5.28. The Bertz CT molecular complexity index is 471. The molecule has 18 heavy (non-hydrogen) atoms. The molecule has 0 bridgehead atoms. The molecule has 0 aliphatic rings. The highest BCUT2D eigenvalue weighted by Crippen LogP contribution is 2.23. The van der Waals surface area contributed by atoms with E-state index in [9.17, 15) is 9.59 Å². The zero-order chi connectivity index (χ0) is 13.9. The molecule has 4 nitrogen and oxygen atoms in total. The highest BCUT2D eigenvalue weighted by molar-refractivity contribution is 7.98.